The third-order valence-electron chi connectivity index (χ3n) is 4.96. The number of amides is 2. The normalized spacial score (nSPS) is 12.2. The molecule has 0 bridgehead atoms. The van der Waals surface area contributed by atoms with E-state index in [1.54, 1.807) is 20.8 Å². The number of rotatable bonds is 10. The minimum atomic E-state index is -0.687. The van der Waals surface area contributed by atoms with E-state index >= 15 is 0 Å². The molecule has 0 aliphatic heterocycles. The highest BCUT2D eigenvalue weighted by molar-refractivity contribution is 5.94. The lowest BCUT2D eigenvalue weighted by Gasteiger charge is -2.30. The molecule has 0 saturated carbocycles. The van der Waals surface area contributed by atoms with Crippen molar-refractivity contribution in [1.29, 1.82) is 0 Å². The minimum Gasteiger partial charge on any atom is -0.444 e. The summed E-state index contributed by atoms with van der Waals surface area (Å²) in [5, 5.41) is 2.48. The molecule has 0 aromatic heterocycles. The molecule has 7 nitrogen and oxygen atoms in total. The Balaban J connectivity index is 2.22. The molecule has 2 rings (SSSR count). The standard InChI is InChI=1S/C26H34N2O5/c1-19(18-32-5)28(23(30)16-27-25(31)33-26(2,3)4)17-22(29)24(20-12-8-6-9-13-20)21-14-10-7-11-15-21/h6-15,19,24H,16-18H2,1-5H3,(H,27,31). The highest BCUT2D eigenvalue weighted by Crippen LogP contribution is 2.26. The smallest absolute Gasteiger partial charge is 0.408 e. The zero-order chi connectivity index (χ0) is 24.4. The lowest BCUT2D eigenvalue weighted by atomic mass is 9.87. The summed E-state index contributed by atoms with van der Waals surface area (Å²) in [4.78, 5) is 40.0. The predicted octanol–water partition coefficient (Wildman–Crippen LogP) is 3.78. The van der Waals surface area contributed by atoms with Gasteiger partial charge in [-0.3, -0.25) is 9.59 Å². The summed E-state index contributed by atoms with van der Waals surface area (Å²) in [6.45, 7) is 6.90. The predicted molar refractivity (Wildman–Crippen MR) is 127 cm³/mol. The van der Waals surface area contributed by atoms with Crippen LogP contribution in [0.1, 0.15) is 44.7 Å². The van der Waals surface area contributed by atoms with E-state index in [0.29, 0.717) is 0 Å². The van der Waals surface area contributed by atoms with Gasteiger partial charge in [-0.2, -0.15) is 0 Å². The van der Waals surface area contributed by atoms with Crippen molar-refractivity contribution in [3.05, 3.63) is 71.8 Å². The topological polar surface area (TPSA) is 84.9 Å². The van der Waals surface area contributed by atoms with E-state index in [2.05, 4.69) is 5.32 Å². The van der Waals surface area contributed by atoms with Crippen LogP contribution < -0.4 is 5.32 Å². The van der Waals surface area contributed by atoms with Gasteiger partial charge in [0.1, 0.15) is 12.1 Å². The Morgan fingerprint density at radius 2 is 1.45 bits per heavy atom. The molecule has 0 fully saturated rings. The van der Waals surface area contributed by atoms with E-state index in [9.17, 15) is 14.4 Å². The number of carbonyl (C=O) groups excluding carboxylic acids is 3. The summed E-state index contributed by atoms with van der Waals surface area (Å²) in [5.74, 6) is -1.03. The Labute approximate surface area is 196 Å². The largest absolute Gasteiger partial charge is 0.444 e. The average molecular weight is 455 g/mol. The van der Waals surface area contributed by atoms with Gasteiger partial charge in [0.05, 0.1) is 25.1 Å². The number of hydrogen-bond donors (Lipinski definition) is 1. The van der Waals surface area contributed by atoms with E-state index < -0.39 is 23.5 Å². The summed E-state index contributed by atoms with van der Waals surface area (Å²) in [6.07, 6.45) is -0.687. The van der Waals surface area contributed by atoms with Crippen LogP contribution in [-0.2, 0) is 19.1 Å². The van der Waals surface area contributed by atoms with Crippen LogP contribution in [0.3, 0.4) is 0 Å². The molecule has 2 aromatic rings. The number of Topliss-reactive ketones (excluding diaryl/α,β-unsaturated/α-hetero) is 1. The second kappa shape index (κ2) is 12.2. The fourth-order valence-electron chi connectivity index (χ4n) is 3.50. The molecule has 1 N–H and O–H groups in total. The number of hydrogen-bond acceptors (Lipinski definition) is 5. The molecular formula is C26H34N2O5. The van der Waals surface area contributed by atoms with Gasteiger partial charge in [-0.05, 0) is 38.8 Å². The first kappa shape index (κ1) is 26.1. The fourth-order valence-corrected chi connectivity index (χ4v) is 3.50. The Bertz CT molecular complexity index is 870. The first-order valence-corrected chi connectivity index (χ1v) is 11.0. The van der Waals surface area contributed by atoms with Gasteiger partial charge in [-0.1, -0.05) is 60.7 Å². The van der Waals surface area contributed by atoms with E-state index in [0.717, 1.165) is 11.1 Å². The van der Waals surface area contributed by atoms with Crippen LogP contribution in [0.5, 0.6) is 0 Å². The van der Waals surface area contributed by atoms with Crippen LogP contribution in [-0.4, -0.2) is 61.1 Å². The molecule has 2 aromatic carbocycles. The highest BCUT2D eigenvalue weighted by Gasteiger charge is 2.29. The average Bonchev–Trinajstić information content (AvgIpc) is 2.76. The Morgan fingerprint density at radius 1 is 0.939 bits per heavy atom. The highest BCUT2D eigenvalue weighted by atomic mass is 16.6. The van der Waals surface area contributed by atoms with Gasteiger partial charge < -0.3 is 19.7 Å². The van der Waals surface area contributed by atoms with Crippen molar-refractivity contribution < 1.29 is 23.9 Å². The lowest BCUT2D eigenvalue weighted by molar-refractivity contribution is -0.137. The summed E-state index contributed by atoms with van der Waals surface area (Å²) >= 11 is 0. The second-order valence-corrected chi connectivity index (χ2v) is 8.90. The zero-order valence-corrected chi connectivity index (χ0v) is 20.0. The molecule has 7 heteroatoms. The third kappa shape index (κ3) is 8.35. The Kier molecular flexibility index (Phi) is 9.60. The van der Waals surface area contributed by atoms with Crippen molar-refractivity contribution >= 4 is 17.8 Å². The third-order valence-corrected chi connectivity index (χ3v) is 4.96. The summed E-state index contributed by atoms with van der Waals surface area (Å²) in [7, 11) is 1.54. The number of benzene rings is 2. The van der Waals surface area contributed by atoms with Gasteiger partial charge in [-0.25, -0.2) is 4.79 Å². The van der Waals surface area contributed by atoms with Gasteiger partial charge in [0.25, 0.3) is 0 Å². The van der Waals surface area contributed by atoms with E-state index in [-0.39, 0.29) is 31.5 Å². The van der Waals surface area contributed by atoms with Crippen LogP contribution in [0.2, 0.25) is 0 Å². The van der Waals surface area contributed by atoms with Gasteiger partial charge >= 0.3 is 6.09 Å². The van der Waals surface area contributed by atoms with Gasteiger partial charge in [0.15, 0.2) is 5.78 Å². The van der Waals surface area contributed by atoms with Crippen molar-refractivity contribution in [3.8, 4) is 0 Å². The Hall–Kier alpha value is -3.19. The van der Waals surface area contributed by atoms with Crippen LogP contribution in [0.15, 0.2) is 60.7 Å². The summed E-state index contributed by atoms with van der Waals surface area (Å²) in [5.41, 5.74) is 1.03. The first-order valence-electron chi connectivity index (χ1n) is 11.0. The van der Waals surface area contributed by atoms with Crippen molar-refractivity contribution in [1.82, 2.24) is 10.2 Å². The molecule has 0 radical (unpaired) electrons. The van der Waals surface area contributed by atoms with Crippen molar-refractivity contribution in [2.75, 3.05) is 26.8 Å². The SMILES string of the molecule is COCC(C)N(CC(=O)C(c1ccccc1)c1ccccc1)C(=O)CNC(=O)OC(C)(C)C. The number of ketones is 1. The molecule has 0 spiro atoms. The quantitative estimate of drug-likeness (QED) is 0.591. The van der Waals surface area contributed by atoms with E-state index in [4.69, 9.17) is 9.47 Å². The maximum Gasteiger partial charge on any atom is 0.408 e. The summed E-state index contributed by atoms with van der Waals surface area (Å²) in [6, 6.07) is 18.6. The van der Waals surface area contributed by atoms with Crippen LogP contribution in [0.25, 0.3) is 0 Å². The van der Waals surface area contributed by atoms with Crippen LogP contribution in [0, 0.1) is 0 Å². The van der Waals surface area contributed by atoms with Crippen molar-refractivity contribution in [2.24, 2.45) is 0 Å². The molecular weight excluding hydrogens is 420 g/mol. The molecule has 0 saturated heterocycles. The molecule has 1 unspecified atom stereocenters. The van der Waals surface area contributed by atoms with Crippen molar-refractivity contribution in [3.63, 3.8) is 0 Å². The Morgan fingerprint density at radius 3 is 1.91 bits per heavy atom. The maximum absolute atomic E-state index is 13.5. The van der Waals surface area contributed by atoms with Crippen LogP contribution >= 0.6 is 0 Å². The molecule has 1 atom stereocenters. The number of alkyl carbamates (subject to hydrolysis) is 1. The number of nitrogens with zero attached hydrogens (tertiary/aromatic N) is 1. The zero-order valence-electron chi connectivity index (χ0n) is 20.0. The maximum atomic E-state index is 13.5. The lowest BCUT2D eigenvalue weighted by Crippen LogP contribution is -2.49. The summed E-state index contributed by atoms with van der Waals surface area (Å²) < 4.78 is 10.4. The van der Waals surface area contributed by atoms with Crippen LogP contribution in [0.4, 0.5) is 4.79 Å². The molecule has 2 amide bonds. The molecule has 0 heterocycles. The molecule has 178 valence electrons. The number of nitrogens with one attached hydrogen (secondary N) is 1. The molecule has 0 aliphatic rings. The number of ether oxygens (including phenoxy) is 2. The monoisotopic (exact) mass is 454 g/mol. The van der Waals surface area contributed by atoms with Gasteiger partial charge in [-0.15, -0.1) is 0 Å². The minimum absolute atomic E-state index is 0.117. The second-order valence-electron chi connectivity index (χ2n) is 8.90. The molecule has 0 aliphatic carbocycles. The first-order chi connectivity index (χ1) is 15.6. The molecule has 33 heavy (non-hydrogen) atoms. The van der Waals surface area contributed by atoms with E-state index in [1.807, 2.05) is 67.6 Å². The van der Waals surface area contributed by atoms with Gasteiger partial charge in [0.2, 0.25) is 5.91 Å². The van der Waals surface area contributed by atoms with Crippen molar-refractivity contribution in [2.45, 2.75) is 45.3 Å². The number of carbonyl (C=O) groups is 3. The number of methoxy groups -OCH3 is 1. The van der Waals surface area contributed by atoms with Gasteiger partial charge in [0, 0.05) is 7.11 Å². The fraction of sp³-hybridized carbons (Fsp3) is 0.423. The van der Waals surface area contributed by atoms with E-state index in [1.165, 1.54) is 12.0 Å².